The highest BCUT2D eigenvalue weighted by atomic mass is 35.5. The number of fused-ring (bicyclic) bond motifs is 2. The zero-order valence-electron chi connectivity index (χ0n) is 19.3. The van der Waals surface area contributed by atoms with Gasteiger partial charge in [-0.05, 0) is 31.3 Å². The smallest absolute Gasteiger partial charge is 0.278 e. The summed E-state index contributed by atoms with van der Waals surface area (Å²) in [6.45, 7) is 5.17. The predicted molar refractivity (Wildman–Crippen MR) is 139 cm³/mol. The zero-order valence-corrected chi connectivity index (χ0v) is 20.9. The molecule has 1 aliphatic heterocycles. The summed E-state index contributed by atoms with van der Waals surface area (Å²) in [7, 11) is 0. The fourth-order valence-corrected chi connectivity index (χ4v) is 4.99. The second-order valence-corrected chi connectivity index (χ2v) is 10.8. The van der Waals surface area contributed by atoms with E-state index in [0.717, 1.165) is 42.5 Å². The average Bonchev–Trinajstić information content (AvgIpc) is 2.97. The molecule has 1 fully saturated rings. The zero-order chi connectivity index (χ0) is 24.6. The molecule has 180 valence electrons. The molecule has 0 spiro atoms. The maximum atomic E-state index is 13.9. The Morgan fingerprint density at radius 2 is 2.00 bits per heavy atom. The number of aromatic nitrogens is 4. The summed E-state index contributed by atoms with van der Waals surface area (Å²) in [5.74, 6) is 0.643. The van der Waals surface area contributed by atoms with Crippen molar-refractivity contribution in [2.45, 2.75) is 30.8 Å². The van der Waals surface area contributed by atoms with Crippen molar-refractivity contribution in [3.63, 3.8) is 0 Å². The van der Waals surface area contributed by atoms with Crippen molar-refractivity contribution in [2.24, 2.45) is 0 Å². The molecule has 0 bridgehead atoms. The van der Waals surface area contributed by atoms with Crippen LogP contribution < -0.4 is 15.8 Å². The third-order valence-electron chi connectivity index (χ3n) is 6.26. The lowest BCUT2D eigenvalue weighted by molar-refractivity contribution is 0.639. The second-order valence-electron chi connectivity index (χ2n) is 8.91. The van der Waals surface area contributed by atoms with Crippen molar-refractivity contribution in [3.05, 3.63) is 64.5 Å². The molecule has 3 aromatic heterocycles. The number of halogens is 2. The Morgan fingerprint density at radius 3 is 2.80 bits per heavy atom. The van der Waals surface area contributed by atoms with Crippen LogP contribution in [0.4, 0.5) is 5.82 Å². The van der Waals surface area contributed by atoms with Crippen molar-refractivity contribution in [1.29, 1.82) is 5.26 Å². The minimum Gasteiger partial charge on any atom is -0.356 e. The first-order chi connectivity index (χ1) is 16.9. The molecule has 0 amide bonds. The van der Waals surface area contributed by atoms with Crippen LogP contribution in [0.5, 0.6) is 0 Å². The Bertz CT molecular complexity index is 1480. The topological polar surface area (TPSA) is 91.8 Å². The van der Waals surface area contributed by atoms with Gasteiger partial charge in [-0.1, -0.05) is 47.5 Å². The molecule has 4 aromatic rings. The average molecular weight is 510 g/mol. The van der Waals surface area contributed by atoms with Crippen LogP contribution in [0, 0.1) is 11.3 Å². The predicted octanol–water partition coefficient (Wildman–Crippen LogP) is 3.66. The summed E-state index contributed by atoms with van der Waals surface area (Å²) in [4.78, 5) is 25.1. The number of alkyl halides is 2. The summed E-state index contributed by atoms with van der Waals surface area (Å²) in [6.07, 6.45) is 4.15. The van der Waals surface area contributed by atoms with Crippen LogP contribution in [0.1, 0.15) is 24.6 Å². The molecule has 5 rings (SSSR count). The van der Waals surface area contributed by atoms with Gasteiger partial charge in [0.1, 0.15) is 32.8 Å². The highest BCUT2D eigenvalue weighted by molar-refractivity contribution is 6.48. The molecule has 1 N–H and O–H groups in total. The monoisotopic (exact) mass is 509 g/mol. The van der Waals surface area contributed by atoms with E-state index in [-0.39, 0.29) is 18.6 Å². The number of hydrogen-bond acceptors (Lipinski definition) is 6. The SMILES string of the molecule is CC(Cl)(Cl)Cn1c(N2CCCNCC2)c(C#N)c2ncn(Cc3nccc4ccccc34)c(=O)c21. The van der Waals surface area contributed by atoms with Gasteiger partial charge in [0, 0.05) is 31.2 Å². The lowest BCUT2D eigenvalue weighted by Crippen LogP contribution is -2.32. The minimum absolute atomic E-state index is 0.140. The van der Waals surface area contributed by atoms with Gasteiger partial charge in [-0.3, -0.25) is 14.3 Å². The van der Waals surface area contributed by atoms with Crippen LogP contribution in [0.2, 0.25) is 0 Å². The molecule has 0 unspecified atom stereocenters. The van der Waals surface area contributed by atoms with E-state index in [1.54, 1.807) is 17.7 Å². The van der Waals surface area contributed by atoms with Gasteiger partial charge in [0.2, 0.25) is 0 Å². The quantitative estimate of drug-likeness (QED) is 0.412. The van der Waals surface area contributed by atoms with E-state index < -0.39 is 4.33 Å². The standard InChI is InChI=1S/C25H25Cl2N7O/c1-25(26,27)15-34-22-21(19(13-28)23(34)32-11-4-8-29-10-12-32)31-16-33(24(22)35)14-20-18-6-3-2-5-17(18)7-9-30-20/h2-3,5-7,9,16,29H,4,8,10-12,14-15H2,1H3. The van der Waals surface area contributed by atoms with E-state index in [4.69, 9.17) is 23.2 Å². The summed E-state index contributed by atoms with van der Waals surface area (Å²) < 4.78 is 2.16. The normalized spacial score (nSPS) is 14.9. The molecule has 0 saturated carbocycles. The Hall–Kier alpha value is -3.12. The van der Waals surface area contributed by atoms with Gasteiger partial charge in [-0.2, -0.15) is 5.26 Å². The van der Waals surface area contributed by atoms with E-state index in [1.165, 1.54) is 10.9 Å². The maximum absolute atomic E-state index is 13.9. The van der Waals surface area contributed by atoms with Crippen molar-refractivity contribution in [1.82, 2.24) is 24.4 Å². The number of nitrogens with one attached hydrogen (secondary N) is 1. The van der Waals surface area contributed by atoms with Crippen LogP contribution in [-0.2, 0) is 13.1 Å². The molecule has 0 radical (unpaired) electrons. The maximum Gasteiger partial charge on any atom is 0.278 e. The molecule has 1 saturated heterocycles. The van der Waals surface area contributed by atoms with Crippen molar-refractivity contribution in [2.75, 3.05) is 31.1 Å². The number of benzene rings is 1. The third kappa shape index (κ3) is 4.59. The molecule has 10 heteroatoms. The van der Waals surface area contributed by atoms with Gasteiger partial charge in [0.25, 0.3) is 5.56 Å². The largest absolute Gasteiger partial charge is 0.356 e. The van der Waals surface area contributed by atoms with Crippen molar-refractivity contribution in [3.8, 4) is 6.07 Å². The number of anilines is 1. The van der Waals surface area contributed by atoms with E-state index in [0.29, 0.717) is 29.0 Å². The Labute approximate surface area is 212 Å². The summed E-state index contributed by atoms with van der Waals surface area (Å²) >= 11 is 12.9. The van der Waals surface area contributed by atoms with Gasteiger partial charge >= 0.3 is 0 Å². The van der Waals surface area contributed by atoms with Gasteiger partial charge in [-0.25, -0.2) is 4.98 Å². The third-order valence-corrected chi connectivity index (χ3v) is 6.50. The van der Waals surface area contributed by atoms with Crippen LogP contribution in [0.15, 0.2) is 47.7 Å². The number of nitriles is 1. The van der Waals surface area contributed by atoms with Crippen molar-refractivity contribution < 1.29 is 0 Å². The molecule has 35 heavy (non-hydrogen) atoms. The highest BCUT2D eigenvalue weighted by Gasteiger charge is 2.30. The van der Waals surface area contributed by atoms with Gasteiger partial charge in [0.05, 0.1) is 25.1 Å². The van der Waals surface area contributed by atoms with Gasteiger partial charge < -0.3 is 14.8 Å². The number of nitrogens with zero attached hydrogens (tertiary/aromatic N) is 6. The summed E-state index contributed by atoms with van der Waals surface area (Å²) in [6, 6.07) is 12.2. The van der Waals surface area contributed by atoms with Crippen LogP contribution >= 0.6 is 23.2 Å². The molecule has 8 nitrogen and oxygen atoms in total. The Morgan fingerprint density at radius 1 is 1.17 bits per heavy atom. The van der Waals surface area contributed by atoms with Gasteiger partial charge in [-0.15, -0.1) is 0 Å². The van der Waals surface area contributed by atoms with E-state index in [9.17, 15) is 10.1 Å². The first kappa shape index (κ1) is 23.6. The number of hydrogen-bond donors (Lipinski definition) is 1. The lowest BCUT2D eigenvalue weighted by atomic mass is 10.1. The molecular formula is C25H25Cl2N7O. The second kappa shape index (κ2) is 9.50. The molecule has 1 aromatic carbocycles. The first-order valence-corrected chi connectivity index (χ1v) is 12.3. The van der Waals surface area contributed by atoms with E-state index in [2.05, 4.69) is 26.3 Å². The number of pyridine rings is 1. The fourth-order valence-electron chi connectivity index (χ4n) is 4.75. The van der Waals surface area contributed by atoms with Crippen molar-refractivity contribution >= 4 is 50.8 Å². The van der Waals surface area contributed by atoms with Gasteiger partial charge in [0.15, 0.2) is 0 Å². The Balaban J connectivity index is 1.70. The lowest BCUT2D eigenvalue weighted by Gasteiger charge is -2.26. The fraction of sp³-hybridized carbons (Fsp3) is 0.360. The summed E-state index contributed by atoms with van der Waals surface area (Å²) in [5, 5.41) is 15.5. The van der Waals surface area contributed by atoms with Crippen LogP contribution in [-0.4, -0.2) is 49.6 Å². The highest BCUT2D eigenvalue weighted by Crippen LogP contribution is 2.34. The molecule has 1 aliphatic rings. The molecule has 0 atom stereocenters. The van der Waals surface area contributed by atoms with Crippen LogP contribution in [0.3, 0.4) is 0 Å². The molecule has 0 aliphatic carbocycles. The number of rotatable bonds is 5. The summed E-state index contributed by atoms with van der Waals surface area (Å²) in [5.41, 5.74) is 1.56. The Kier molecular flexibility index (Phi) is 6.41. The molecular weight excluding hydrogens is 485 g/mol. The van der Waals surface area contributed by atoms with Crippen LogP contribution in [0.25, 0.3) is 21.8 Å². The van der Waals surface area contributed by atoms with E-state index in [1.807, 2.05) is 30.3 Å². The first-order valence-electron chi connectivity index (χ1n) is 11.6. The molecule has 4 heterocycles. The minimum atomic E-state index is -1.15. The van der Waals surface area contributed by atoms with E-state index >= 15 is 0 Å².